The number of unbranched alkanes of at least 4 members (excludes halogenated alkanes) is 1. The number of hydrogen-bond acceptors (Lipinski definition) is 7. The average Bonchev–Trinajstić information content (AvgIpc) is 3.15. The predicted molar refractivity (Wildman–Crippen MR) is 103 cm³/mol. The summed E-state index contributed by atoms with van der Waals surface area (Å²) in [4.78, 5) is 14.0. The van der Waals surface area contributed by atoms with Gasteiger partial charge in [0.1, 0.15) is 5.01 Å². The first-order valence-electron chi connectivity index (χ1n) is 8.53. The maximum Gasteiger partial charge on any atom is 0.228 e. The van der Waals surface area contributed by atoms with Gasteiger partial charge in [-0.05, 0) is 25.5 Å². The smallest absolute Gasteiger partial charge is 0.228 e. The monoisotopic (exact) mass is 379 g/mol. The predicted octanol–water partition coefficient (Wildman–Crippen LogP) is 3.77. The van der Waals surface area contributed by atoms with Crippen molar-refractivity contribution in [2.24, 2.45) is 0 Å². The maximum atomic E-state index is 12.4. The van der Waals surface area contributed by atoms with Crippen molar-refractivity contribution in [3.8, 4) is 27.8 Å². The molecule has 0 fully saturated rings. The van der Waals surface area contributed by atoms with Crippen LogP contribution < -0.4 is 19.1 Å². The minimum absolute atomic E-state index is 0.0712. The lowest BCUT2D eigenvalue weighted by atomic mass is 10.2. The largest absolute Gasteiger partial charge is 0.493 e. The van der Waals surface area contributed by atoms with Gasteiger partial charge in [-0.15, -0.1) is 10.2 Å². The van der Waals surface area contributed by atoms with Gasteiger partial charge in [-0.1, -0.05) is 24.7 Å². The van der Waals surface area contributed by atoms with Gasteiger partial charge in [-0.25, -0.2) is 0 Å². The molecular formula is C18H25N3O4S. The van der Waals surface area contributed by atoms with Crippen LogP contribution in [0.25, 0.3) is 10.6 Å². The van der Waals surface area contributed by atoms with Crippen LogP contribution in [0, 0.1) is 0 Å². The van der Waals surface area contributed by atoms with Gasteiger partial charge >= 0.3 is 0 Å². The molecule has 0 bridgehead atoms. The molecule has 0 saturated heterocycles. The van der Waals surface area contributed by atoms with Crippen LogP contribution in [0.3, 0.4) is 0 Å². The number of hydrogen-bond donors (Lipinski definition) is 0. The Labute approximate surface area is 157 Å². The Balaban J connectivity index is 2.35. The molecule has 1 amide bonds. The number of methoxy groups -OCH3 is 3. The zero-order valence-electron chi connectivity index (χ0n) is 15.9. The van der Waals surface area contributed by atoms with E-state index in [2.05, 4.69) is 17.1 Å². The van der Waals surface area contributed by atoms with Crippen molar-refractivity contribution in [3.05, 3.63) is 12.1 Å². The van der Waals surface area contributed by atoms with Crippen LogP contribution in [0.5, 0.6) is 17.2 Å². The van der Waals surface area contributed by atoms with Gasteiger partial charge in [0.2, 0.25) is 16.8 Å². The van der Waals surface area contributed by atoms with Crippen molar-refractivity contribution in [2.45, 2.75) is 33.1 Å². The molecule has 0 radical (unpaired) electrons. The molecule has 0 N–H and O–H groups in total. The van der Waals surface area contributed by atoms with Gasteiger partial charge in [-0.2, -0.15) is 0 Å². The van der Waals surface area contributed by atoms with Gasteiger partial charge in [0.05, 0.1) is 21.3 Å². The van der Waals surface area contributed by atoms with E-state index in [0.29, 0.717) is 40.4 Å². The molecule has 0 aliphatic rings. The van der Waals surface area contributed by atoms with Gasteiger partial charge < -0.3 is 14.2 Å². The first kappa shape index (κ1) is 20.0. The van der Waals surface area contributed by atoms with E-state index in [9.17, 15) is 4.79 Å². The fourth-order valence-corrected chi connectivity index (χ4v) is 3.44. The van der Waals surface area contributed by atoms with Crippen molar-refractivity contribution in [1.29, 1.82) is 0 Å². The highest BCUT2D eigenvalue weighted by Gasteiger charge is 2.20. The van der Waals surface area contributed by atoms with E-state index < -0.39 is 0 Å². The van der Waals surface area contributed by atoms with Gasteiger partial charge in [0.15, 0.2) is 11.5 Å². The van der Waals surface area contributed by atoms with Crippen LogP contribution in [0.1, 0.15) is 33.1 Å². The lowest BCUT2D eigenvalue weighted by Crippen LogP contribution is -2.30. The summed E-state index contributed by atoms with van der Waals surface area (Å²) in [6.45, 7) is 4.56. The Kier molecular flexibility index (Phi) is 7.20. The summed E-state index contributed by atoms with van der Waals surface area (Å²) in [5, 5.41) is 9.73. The highest BCUT2D eigenvalue weighted by atomic mass is 32.1. The lowest BCUT2D eigenvalue weighted by molar-refractivity contribution is -0.118. The number of carbonyl (C=O) groups excluding carboxylic acids is 1. The molecule has 0 aliphatic carbocycles. The van der Waals surface area contributed by atoms with Crippen molar-refractivity contribution >= 4 is 22.4 Å². The number of carbonyl (C=O) groups is 1. The quantitative estimate of drug-likeness (QED) is 0.660. The molecule has 2 rings (SSSR count). The summed E-state index contributed by atoms with van der Waals surface area (Å²) >= 11 is 1.36. The molecular weight excluding hydrogens is 354 g/mol. The molecule has 1 heterocycles. The van der Waals surface area contributed by atoms with Crippen LogP contribution in [0.15, 0.2) is 12.1 Å². The molecule has 0 atom stereocenters. The maximum absolute atomic E-state index is 12.4. The minimum Gasteiger partial charge on any atom is -0.493 e. The number of amides is 1. The van der Waals surface area contributed by atoms with Crippen molar-refractivity contribution in [3.63, 3.8) is 0 Å². The van der Waals surface area contributed by atoms with Crippen molar-refractivity contribution < 1.29 is 19.0 Å². The van der Waals surface area contributed by atoms with E-state index in [1.165, 1.54) is 11.3 Å². The number of nitrogens with zero attached hydrogens (tertiary/aromatic N) is 3. The number of anilines is 1. The molecule has 0 spiro atoms. The topological polar surface area (TPSA) is 73.8 Å². The first-order valence-corrected chi connectivity index (χ1v) is 9.35. The standard InChI is InChI=1S/C18H25N3O4S/c1-6-8-9-15(22)21(7-2)18-20-19-17(26-18)12-10-13(23-3)16(25-5)14(11-12)24-4/h10-11H,6-9H2,1-5H3. The Bertz CT molecular complexity index is 723. The minimum atomic E-state index is 0.0712. The normalized spacial score (nSPS) is 10.5. The summed E-state index contributed by atoms with van der Waals surface area (Å²) in [5.41, 5.74) is 0.792. The second-order valence-electron chi connectivity index (χ2n) is 5.55. The van der Waals surface area contributed by atoms with E-state index in [-0.39, 0.29) is 5.91 Å². The third-order valence-electron chi connectivity index (χ3n) is 3.92. The van der Waals surface area contributed by atoms with Gasteiger partial charge in [0, 0.05) is 18.5 Å². The molecule has 0 unspecified atom stereocenters. The zero-order chi connectivity index (χ0) is 19.1. The Morgan fingerprint density at radius 1 is 1.08 bits per heavy atom. The highest BCUT2D eigenvalue weighted by molar-refractivity contribution is 7.18. The van der Waals surface area contributed by atoms with Crippen LogP contribution in [-0.2, 0) is 4.79 Å². The SMILES string of the molecule is CCCCC(=O)N(CC)c1nnc(-c2cc(OC)c(OC)c(OC)c2)s1. The summed E-state index contributed by atoms with van der Waals surface area (Å²) < 4.78 is 16.1. The number of ether oxygens (including phenoxy) is 3. The van der Waals surface area contributed by atoms with E-state index in [0.717, 1.165) is 18.4 Å². The highest BCUT2D eigenvalue weighted by Crippen LogP contribution is 2.42. The molecule has 0 aliphatic heterocycles. The second kappa shape index (κ2) is 9.38. The summed E-state index contributed by atoms with van der Waals surface area (Å²) in [6, 6.07) is 3.64. The van der Waals surface area contributed by atoms with Crippen LogP contribution >= 0.6 is 11.3 Å². The fraction of sp³-hybridized carbons (Fsp3) is 0.500. The molecule has 2 aromatic rings. The summed E-state index contributed by atoms with van der Waals surface area (Å²) in [7, 11) is 4.69. The second-order valence-corrected chi connectivity index (χ2v) is 6.50. The molecule has 26 heavy (non-hydrogen) atoms. The third kappa shape index (κ3) is 4.24. The third-order valence-corrected chi connectivity index (χ3v) is 4.91. The van der Waals surface area contributed by atoms with Crippen molar-refractivity contribution in [2.75, 3.05) is 32.8 Å². The number of aromatic nitrogens is 2. The molecule has 7 nitrogen and oxygen atoms in total. The summed E-state index contributed by atoms with van der Waals surface area (Å²) in [5.74, 6) is 1.69. The van der Waals surface area contributed by atoms with E-state index in [1.807, 2.05) is 19.1 Å². The Hall–Kier alpha value is -2.35. The number of rotatable bonds is 9. The average molecular weight is 379 g/mol. The molecule has 1 aromatic carbocycles. The van der Waals surface area contributed by atoms with Gasteiger partial charge in [-0.3, -0.25) is 9.69 Å². The zero-order valence-corrected chi connectivity index (χ0v) is 16.7. The molecule has 142 valence electrons. The Morgan fingerprint density at radius 3 is 2.23 bits per heavy atom. The number of benzene rings is 1. The van der Waals surface area contributed by atoms with E-state index in [1.54, 1.807) is 26.2 Å². The molecule has 0 saturated carbocycles. The van der Waals surface area contributed by atoms with Crippen LogP contribution in [0.4, 0.5) is 5.13 Å². The van der Waals surface area contributed by atoms with Crippen molar-refractivity contribution in [1.82, 2.24) is 10.2 Å². The molecule has 8 heteroatoms. The first-order chi connectivity index (χ1) is 12.6. The van der Waals surface area contributed by atoms with Crippen LogP contribution in [-0.4, -0.2) is 44.0 Å². The summed E-state index contributed by atoms with van der Waals surface area (Å²) in [6.07, 6.45) is 2.37. The van der Waals surface area contributed by atoms with Crippen LogP contribution in [0.2, 0.25) is 0 Å². The van der Waals surface area contributed by atoms with E-state index in [4.69, 9.17) is 14.2 Å². The lowest BCUT2D eigenvalue weighted by Gasteiger charge is -2.16. The van der Waals surface area contributed by atoms with E-state index >= 15 is 0 Å². The fourth-order valence-electron chi connectivity index (χ4n) is 2.53. The van der Waals surface area contributed by atoms with Gasteiger partial charge in [0.25, 0.3) is 0 Å². The Morgan fingerprint density at radius 2 is 1.73 bits per heavy atom. The molecule has 1 aromatic heterocycles.